The van der Waals surface area contributed by atoms with E-state index in [9.17, 15) is 9.59 Å². The first kappa shape index (κ1) is 21.1. The molecule has 0 spiro atoms. The molecule has 0 fully saturated rings. The van der Waals surface area contributed by atoms with Crippen LogP contribution in [0.1, 0.15) is 10.6 Å². The molecule has 7 heteroatoms. The second-order valence-electron chi connectivity index (χ2n) is 7.31. The smallest absolute Gasteiger partial charge is 0.344 e. The lowest BCUT2D eigenvalue weighted by atomic mass is 10.1. The summed E-state index contributed by atoms with van der Waals surface area (Å²) in [7, 11) is 0. The average molecular weight is 476 g/mol. The van der Waals surface area contributed by atoms with Crippen molar-refractivity contribution in [2.24, 2.45) is 0 Å². The summed E-state index contributed by atoms with van der Waals surface area (Å²) in [5, 5.41) is 4.57. The molecule has 0 aliphatic heterocycles. The number of fused-ring (bicyclic) bond motifs is 1. The number of para-hydroxylation sites is 1. The fourth-order valence-electron chi connectivity index (χ4n) is 3.51. The number of rotatable bonds is 4. The Morgan fingerprint density at radius 1 is 0.788 bits per heavy atom. The number of hydrogen-bond donors (Lipinski definition) is 1. The van der Waals surface area contributed by atoms with Crippen LogP contribution in [0.15, 0.2) is 98.6 Å². The van der Waals surface area contributed by atoms with Crippen molar-refractivity contribution in [1.29, 1.82) is 0 Å². The Hall–Kier alpha value is -3.80. The van der Waals surface area contributed by atoms with Crippen LogP contribution in [-0.2, 0) is 0 Å². The van der Waals surface area contributed by atoms with Crippen LogP contribution in [0, 0.1) is 0 Å². The molecule has 0 unspecified atom stereocenters. The standard InChI is InChI=1S/C26H15Cl2NO4/c27-17-8-9-21(28)20(14-17)23-10-11-24(32-23)25(30)29-18-6-3-5-15(12-18)19-13-16-4-1-2-7-22(16)33-26(19)31/h1-14H,(H,29,30). The number of furan rings is 1. The van der Waals surface area contributed by atoms with Gasteiger partial charge in [-0.15, -0.1) is 0 Å². The molecule has 0 saturated heterocycles. The Bertz CT molecular complexity index is 1570. The first-order valence-corrected chi connectivity index (χ1v) is 10.7. The van der Waals surface area contributed by atoms with Crippen molar-refractivity contribution in [3.05, 3.63) is 111 Å². The van der Waals surface area contributed by atoms with Gasteiger partial charge in [-0.1, -0.05) is 53.5 Å². The number of anilines is 1. The van der Waals surface area contributed by atoms with Crippen LogP contribution >= 0.6 is 23.2 Å². The predicted octanol–water partition coefficient (Wildman–Crippen LogP) is 7.28. The van der Waals surface area contributed by atoms with Crippen molar-refractivity contribution in [2.75, 3.05) is 5.32 Å². The van der Waals surface area contributed by atoms with Crippen molar-refractivity contribution >= 4 is 45.8 Å². The van der Waals surface area contributed by atoms with Crippen molar-refractivity contribution in [2.45, 2.75) is 0 Å². The highest BCUT2D eigenvalue weighted by Gasteiger charge is 2.15. The maximum absolute atomic E-state index is 12.8. The van der Waals surface area contributed by atoms with Gasteiger partial charge in [-0.2, -0.15) is 0 Å². The molecule has 33 heavy (non-hydrogen) atoms. The highest BCUT2D eigenvalue weighted by Crippen LogP contribution is 2.32. The molecule has 0 aliphatic carbocycles. The van der Waals surface area contributed by atoms with Crippen LogP contribution in [0.2, 0.25) is 10.0 Å². The second kappa shape index (κ2) is 8.62. The minimum Gasteiger partial charge on any atom is -0.451 e. The summed E-state index contributed by atoms with van der Waals surface area (Å²) in [5.74, 6) is 0.0916. The number of halogens is 2. The molecule has 5 nitrogen and oxygen atoms in total. The van der Waals surface area contributed by atoms with Crippen molar-refractivity contribution in [1.82, 2.24) is 0 Å². The van der Waals surface area contributed by atoms with E-state index in [1.165, 1.54) is 0 Å². The van der Waals surface area contributed by atoms with E-state index < -0.39 is 11.5 Å². The van der Waals surface area contributed by atoms with Gasteiger partial charge < -0.3 is 14.2 Å². The first-order valence-electron chi connectivity index (χ1n) is 9.98. The third-order valence-corrected chi connectivity index (χ3v) is 5.66. The van der Waals surface area contributed by atoms with Gasteiger partial charge in [-0.05, 0) is 60.2 Å². The third-order valence-electron chi connectivity index (χ3n) is 5.10. The average Bonchev–Trinajstić information content (AvgIpc) is 3.31. The van der Waals surface area contributed by atoms with E-state index in [0.29, 0.717) is 43.8 Å². The van der Waals surface area contributed by atoms with E-state index in [4.69, 9.17) is 32.0 Å². The van der Waals surface area contributed by atoms with E-state index in [1.54, 1.807) is 66.7 Å². The monoisotopic (exact) mass is 475 g/mol. The Morgan fingerprint density at radius 3 is 2.52 bits per heavy atom. The number of hydrogen-bond acceptors (Lipinski definition) is 4. The zero-order valence-electron chi connectivity index (χ0n) is 17.0. The Labute approximate surface area is 198 Å². The maximum Gasteiger partial charge on any atom is 0.344 e. The molecule has 0 radical (unpaired) electrons. The fraction of sp³-hybridized carbons (Fsp3) is 0. The summed E-state index contributed by atoms with van der Waals surface area (Å²) < 4.78 is 11.1. The number of carbonyl (C=O) groups is 1. The van der Waals surface area contributed by atoms with Gasteiger partial charge in [0.15, 0.2) is 5.76 Å². The predicted molar refractivity (Wildman–Crippen MR) is 130 cm³/mol. The molecular formula is C26H15Cl2NO4. The highest BCUT2D eigenvalue weighted by atomic mass is 35.5. The normalized spacial score (nSPS) is 11.0. The summed E-state index contributed by atoms with van der Waals surface area (Å²) in [6.07, 6.45) is 0. The van der Waals surface area contributed by atoms with Gasteiger partial charge in [0.2, 0.25) is 0 Å². The van der Waals surface area contributed by atoms with E-state index in [-0.39, 0.29) is 5.76 Å². The Balaban J connectivity index is 1.41. The van der Waals surface area contributed by atoms with E-state index >= 15 is 0 Å². The van der Waals surface area contributed by atoms with Gasteiger partial charge in [0.25, 0.3) is 5.91 Å². The number of amides is 1. The van der Waals surface area contributed by atoms with Gasteiger partial charge in [-0.25, -0.2) is 4.79 Å². The van der Waals surface area contributed by atoms with Crippen LogP contribution in [0.4, 0.5) is 5.69 Å². The van der Waals surface area contributed by atoms with Crippen molar-refractivity contribution in [3.63, 3.8) is 0 Å². The molecule has 162 valence electrons. The largest absolute Gasteiger partial charge is 0.451 e. The van der Waals surface area contributed by atoms with Gasteiger partial charge >= 0.3 is 5.63 Å². The molecule has 1 amide bonds. The summed E-state index contributed by atoms with van der Waals surface area (Å²) in [4.78, 5) is 25.2. The lowest BCUT2D eigenvalue weighted by molar-refractivity contribution is 0.0997. The molecule has 0 aliphatic rings. The molecule has 1 N–H and O–H groups in total. The van der Waals surface area contributed by atoms with Crippen LogP contribution in [-0.4, -0.2) is 5.91 Å². The fourth-order valence-corrected chi connectivity index (χ4v) is 3.89. The van der Waals surface area contributed by atoms with Crippen molar-refractivity contribution in [3.8, 4) is 22.5 Å². The summed E-state index contributed by atoms with van der Waals surface area (Å²) >= 11 is 12.3. The van der Waals surface area contributed by atoms with Crippen LogP contribution in [0.25, 0.3) is 33.4 Å². The van der Waals surface area contributed by atoms with Crippen LogP contribution in [0.5, 0.6) is 0 Å². The van der Waals surface area contributed by atoms with E-state index in [1.807, 2.05) is 18.2 Å². The SMILES string of the molecule is O=C(Nc1cccc(-c2cc3ccccc3oc2=O)c1)c1ccc(-c2cc(Cl)ccc2Cl)o1. The summed E-state index contributed by atoms with van der Waals surface area (Å²) in [6.45, 7) is 0. The van der Waals surface area contributed by atoms with Gasteiger partial charge in [0, 0.05) is 21.7 Å². The van der Waals surface area contributed by atoms with E-state index in [0.717, 1.165) is 5.39 Å². The van der Waals surface area contributed by atoms with Crippen LogP contribution in [0.3, 0.4) is 0 Å². The molecule has 0 atom stereocenters. The molecule has 2 aromatic heterocycles. The number of nitrogens with one attached hydrogen (secondary N) is 1. The molecule has 5 rings (SSSR count). The number of carbonyl (C=O) groups excluding carboxylic acids is 1. The Kier molecular flexibility index (Phi) is 5.50. The molecule has 0 saturated carbocycles. The molecule has 5 aromatic rings. The molecular weight excluding hydrogens is 461 g/mol. The first-order chi connectivity index (χ1) is 16.0. The molecule has 0 bridgehead atoms. The van der Waals surface area contributed by atoms with Gasteiger partial charge in [-0.3, -0.25) is 4.79 Å². The maximum atomic E-state index is 12.8. The summed E-state index contributed by atoms with van der Waals surface area (Å²) in [5.41, 5.74) is 2.19. The topological polar surface area (TPSA) is 72.5 Å². The second-order valence-corrected chi connectivity index (χ2v) is 8.15. The zero-order chi connectivity index (χ0) is 22.9. The molecule has 3 aromatic carbocycles. The minimum absolute atomic E-state index is 0.108. The van der Waals surface area contributed by atoms with Gasteiger partial charge in [0.05, 0.1) is 10.6 Å². The minimum atomic E-state index is -0.453. The van der Waals surface area contributed by atoms with E-state index in [2.05, 4.69) is 5.32 Å². The quantitative estimate of drug-likeness (QED) is 0.277. The van der Waals surface area contributed by atoms with Gasteiger partial charge in [0.1, 0.15) is 11.3 Å². The molecule has 2 heterocycles. The summed E-state index contributed by atoms with van der Waals surface area (Å²) in [6, 6.07) is 24.2. The van der Waals surface area contributed by atoms with Crippen molar-refractivity contribution < 1.29 is 13.6 Å². The number of benzene rings is 3. The third kappa shape index (κ3) is 4.29. The zero-order valence-corrected chi connectivity index (χ0v) is 18.5. The lowest BCUT2D eigenvalue weighted by Gasteiger charge is -2.07. The lowest BCUT2D eigenvalue weighted by Crippen LogP contribution is -2.11. The Morgan fingerprint density at radius 2 is 1.64 bits per heavy atom. The highest BCUT2D eigenvalue weighted by molar-refractivity contribution is 6.35. The van der Waals surface area contributed by atoms with Crippen LogP contribution < -0.4 is 10.9 Å².